The number of unbranched alkanes of at least 4 members (excludes halogenated alkanes) is 6. The van der Waals surface area contributed by atoms with Gasteiger partial charge >= 0.3 is 0 Å². The van der Waals surface area contributed by atoms with E-state index in [2.05, 4.69) is 114 Å². The van der Waals surface area contributed by atoms with Crippen LogP contribution in [0, 0.1) is 0 Å². The summed E-state index contributed by atoms with van der Waals surface area (Å²) in [5.41, 5.74) is 6.59. The van der Waals surface area contributed by atoms with E-state index in [1.165, 1.54) is 124 Å². The van der Waals surface area contributed by atoms with Crippen molar-refractivity contribution < 1.29 is 0 Å². The lowest BCUT2D eigenvalue weighted by atomic mass is 10.00. The third-order valence-electron chi connectivity index (χ3n) is 7.86. The maximum Gasteiger partial charge on any atom is 0.0639 e. The second kappa shape index (κ2) is 25.2. The van der Waals surface area contributed by atoms with Gasteiger partial charge in [-0.15, -0.1) is 46.2 Å². The Bertz CT molecular complexity index is 1050. The van der Waals surface area contributed by atoms with Gasteiger partial charge in [-0.25, -0.2) is 0 Å². The lowest BCUT2D eigenvalue weighted by Crippen LogP contribution is -1.94. The Morgan fingerprint density at radius 2 is 0.727 bits per heavy atom. The first-order chi connectivity index (χ1) is 21.6. The summed E-state index contributed by atoms with van der Waals surface area (Å²) in [5, 5.41) is 0. The zero-order valence-electron chi connectivity index (χ0n) is 29.0. The van der Waals surface area contributed by atoms with Gasteiger partial charge in [-0.3, -0.25) is 0 Å². The van der Waals surface area contributed by atoms with Gasteiger partial charge in [-0.1, -0.05) is 117 Å². The number of hydrogen-bond donors (Lipinski definition) is 0. The molecule has 2 heterocycles. The zero-order valence-corrected chi connectivity index (χ0v) is 32.2. The molecule has 0 aliphatic rings. The third kappa shape index (κ3) is 14.2. The van der Waals surface area contributed by atoms with Crippen molar-refractivity contribution in [3.05, 3.63) is 68.5 Å². The van der Waals surface area contributed by atoms with Crippen LogP contribution >= 0.6 is 46.2 Å². The van der Waals surface area contributed by atoms with Crippen molar-refractivity contribution in [3.8, 4) is 0 Å². The highest BCUT2D eigenvalue weighted by Crippen LogP contribution is 2.40. The lowest BCUT2D eigenvalue weighted by molar-refractivity contribution is 0.755. The Morgan fingerprint density at radius 3 is 1.07 bits per heavy atom. The normalized spacial score (nSPS) is 12.4. The molecule has 0 spiro atoms. The van der Waals surface area contributed by atoms with Crippen molar-refractivity contribution in [1.29, 1.82) is 0 Å². The predicted molar refractivity (Wildman–Crippen MR) is 211 cm³/mol. The van der Waals surface area contributed by atoms with Crippen LogP contribution in [-0.4, -0.2) is 11.5 Å². The molecule has 0 atom stereocenters. The molecule has 4 heteroatoms. The van der Waals surface area contributed by atoms with E-state index in [0.29, 0.717) is 0 Å². The monoisotopic (exact) mass is 670 g/mol. The minimum Gasteiger partial charge on any atom is -0.129 e. The molecule has 0 saturated heterocycles. The second-order valence-corrected chi connectivity index (χ2v) is 16.6. The summed E-state index contributed by atoms with van der Waals surface area (Å²) in [6, 6.07) is 0. The Labute approximate surface area is 289 Å². The summed E-state index contributed by atoms with van der Waals surface area (Å²) >= 11 is 8.29. The molecule has 0 nitrogen and oxygen atoms in total. The number of thiophene rings is 2. The number of rotatable bonds is 25. The molecule has 0 fully saturated rings. The fourth-order valence-corrected chi connectivity index (χ4v) is 10.8. The quantitative estimate of drug-likeness (QED) is 0.0586. The van der Waals surface area contributed by atoms with Gasteiger partial charge in [0.15, 0.2) is 0 Å². The molecular weight excluding hydrogens is 609 g/mol. The van der Waals surface area contributed by atoms with E-state index in [1.54, 1.807) is 30.7 Å². The zero-order chi connectivity index (χ0) is 31.8. The standard InChI is InChI=1S/C40H62S4/c1-7-13-25-33-35(27-15-9-3)39(41-31-17-11-5)43-37(33)29-23-21-19-20-22-24-30-38-34(26-14-8-2)36(28-16-10-4)40(44-38)42-32-18-12-6/h19-24,29-30H,7-18,25-28,31-32H2,1-6H3/b21-19+,22-20+,29-23+,30-24+. The first kappa shape index (κ1) is 39.2. The molecular formula is C40H62S4. The Balaban J connectivity index is 2.17. The maximum absolute atomic E-state index is 2.37. The highest BCUT2D eigenvalue weighted by molar-refractivity contribution is 8.01. The van der Waals surface area contributed by atoms with Gasteiger partial charge < -0.3 is 0 Å². The fraction of sp³-hybridized carbons (Fsp3) is 0.600. The summed E-state index contributed by atoms with van der Waals surface area (Å²) in [5.74, 6) is 2.49. The SMILES string of the molecule is CCCCSc1sc(/C=C/C=C/C=C/C=C/c2sc(SCCCC)c(CCCC)c2CCCC)c(CCCC)c1CCCC. The lowest BCUT2D eigenvalue weighted by Gasteiger charge is -2.07. The molecule has 44 heavy (non-hydrogen) atoms. The predicted octanol–water partition coefficient (Wildman–Crippen LogP) is 14.8. The summed E-state index contributed by atoms with van der Waals surface area (Å²) in [6.45, 7) is 13.9. The van der Waals surface area contributed by atoms with E-state index in [-0.39, 0.29) is 0 Å². The Kier molecular flexibility index (Phi) is 22.5. The molecule has 2 aromatic rings. The maximum atomic E-state index is 2.37. The van der Waals surface area contributed by atoms with Crippen molar-refractivity contribution in [2.45, 2.75) is 153 Å². The smallest absolute Gasteiger partial charge is 0.0639 e. The van der Waals surface area contributed by atoms with E-state index >= 15 is 0 Å². The minimum atomic E-state index is 1.22. The van der Waals surface area contributed by atoms with E-state index < -0.39 is 0 Å². The first-order valence-electron chi connectivity index (χ1n) is 17.9. The van der Waals surface area contributed by atoms with Crippen molar-refractivity contribution in [3.63, 3.8) is 0 Å². The van der Waals surface area contributed by atoms with Gasteiger partial charge in [0.1, 0.15) is 0 Å². The van der Waals surface area contributed by atoms with Crippen molar-refractivity contribution in [2.75, 3.05) is 11.5 Å². The Morgan fingerprint density at radius 1 is 0.409 bits per heavy atom. The molecule has 0 unspecified atom stereocenters. The van der Waals surface area contributed by atoms with E-state index in [0.717, 1.165) is 0 Å². The van der Waals surface area contributed by atoms with E-state index in [9.17, 15) is 0 Å². The highest BCUT2D eigenvalue weighted by atomic mass is 32.2. The van der Waals surface area contributed by atoms with E-state index in [1.807, 2.05) is 22.7 Å². The van der Waals surface area contributed by atoms with Crippen LogP contribution in [0.4, 0.5) is 0 Å². The van der Waals surface area contributed by atoms with Crippen LogP contribution in [0.2, 0.25) is 0 Å². The van der Waals surface area contributed by atoms with Gasteiger partial charge in [0.25, 0.3) is 0 Å². The molecule has 0 radical (unpaired) electrons. The molecule has 2 rings (SSSR count). The van der Waals surface area contributed by atoms with Gasteiger partial charge in [0.05, 0.1) is 8.42 Å². The van der Waals surface area contributed by atoms with Gasteiger partial charge in [0.2, 0.25) is 0 Å². The number of allylic oxidation sites excluding steroid dienone is 6. The van der Waals surface area contributed by atoms with Crippen molar-refractivity contribution in [1.82, 2.24) is 0 Å². The van der Waals surface area contributed by atoms with Crippen LogP contribution in [0.5, 0.6) is 0 Å². The van der Waals surface area contributed by atoms with Crippen LogP contribution in [0.25, 0.3) is 12.2 Å². The highest BCUT2D eigenvalue weighted by Gasteiger charge is 2.17. The first-order valence-corrected chi connectivity index (χ1v) is 21.5. The summed E-state index contributed by atoms with van der Waals surface area (Å²) in [4.78, 5) is 2.97. The summed E-state index contributed by atoms with van der Waals surface area (Å²) in [7, 11) is 0. The second-order valence-electron chi connectivity index (χ2n) is 11.7. The largest absolute Gasteiger partial charge is 0.129 e. The van der Waals surface area contributed by atoms with Crippen LogP contribution in [0.3, 0.4) is 0 Å². The number of hydrogen-bond acceptors (Lipinski definition) is 4. The average molecular weight is 671 g/mol. The molecule has 0 aliphatic carbocycles. The van der Waals surface area contributed by atoms with Crippen LogP contribution in [-0.2, 0) is 25.7 Å². The summed E-state index contributed by atoms with van der Waals surface area (Å²) in [6.07, 6.45) is 38.3. The average Bonchev–Trinajstić information content (AvgIpc) is 3.53. The summed E-state index contributed by atoms with van der Waals surface area (Å²) < 4.78 is 3.17. The van der Waals surface area contributed by atoms with Gasteiger partial charge in [-0.2, -0.15) is 0 Å². The van der Waals surface area contributed by atoms with Crippen LogP contribution in [0.15, 0.2) is 44.9 Å². The van der Waals surface area contributed by atoms with Crippen molar-refractivity contribution in [2.24, 2.45) is 0 Å². The molecule has 0 aromatic carbocycles. The molecule has 0 saturated carbocycles. The Hall–Kier alpha value is -0.940. The fourth-order valence-electron chi connectivity index (χ4n) is 5.12. The molecule has 0 N–H and O–H groups in total. The van der Waals surface area contributed by atoms with Crippen molar-refractivity contribution >= 4 is 58.3 Å². The van der Waals surface area contributed by atoms with Gasteiger partial charge in [0, 0.05) is 9.75 Å². The van der Waals surface area contributed by atoms with Crippen LogP contribution < -0.4 is 0 Å². The molecule has 246 valence electrons. The minimum absolute atomic E-state index is 1.22. The van der Waals surface area contributed by atoms with Gasteiger partial charge in [-0.05, 0) is 110 Å². The third-order valence-corrected chi connectivity index (χ3v) is 13.1. The topological polar surface area (TPSA) is 0 Å². The number of thioether (sulfide) groups is 2. The van der Waals surface area contributed by atoms with Crippen LogP contribution in [0.1, 0.15) is 151 Å². The molecule has 0 amide bonds. The molecule has 0 aliphatic heterocycles. The molecule has 2 aromatic heterocycles. The van der Waals surface area contributed by atoms with E-state index in [4.69, 9.17) is 0 Å². The molecule has 0 bridgehead atoms.